The Kier molecular flexibility index (Phi) is 6.02. The lowest BCUT2D eigenvalue weighted by atomic mass is 10.1. The molecule has 0 spiro atoms. The largest absolute Gasteiger partial charge is 0.396 e. The number of anilines is 3. The minimum atomic E-state index is -0.0414. The van der Waals surface area contributed by atoms with Crippen LogP contribution in [-0.2, 0) is 13.5 Å². The van der Waals surface area contributed by atoms with Crippen LogP contribution in [0.1, 0.15) is 25.3 Å². The number of hydrogen-bond donors (Lipinski definition) is 3. The van der Waals surface area contributed by atoms with Crippen LogP contribution in [0, 0.1) is 5.92 Å². The average molecular weight is 479 g/mol. The molecule has 1 aliphatic rings. The fourth-order valence-corrected chi connectivity index (χ4v) is 4.32. The number of nitrogens with one attached hydrogen (secondary N) is 2. The molecule has 1 aliphatic carbocycles. The third-order valence-electron chi connectivity index (χ3n) is 6.35. The number of benzene rings is 1. The molecule has 176 valence electrons. The molecule has 0 radical (unpaired) electrons. The average Bonchev–Trinajstić information content (AvgIpc) is 3.58. The van der Waals surface area contributed by atoms with Gasteiger partial charge in [0, 0.05) is 54.8 Å². The molecule has 4 aromatic rings. The number of aromatic nitrogens is 4. The first kappa shape index (κ1) is 22.4. The summed E-state index contributed by atoms with van der Waals surface area (Å²) in [4.78, 5) is 16.9. The second kappa shape index (κ2) is 9.12. The van der Waals surface area contributed by atoms with Gasteiger partial charge in [0.25, 0.3) is 5.56 Å². The predicted octanol–water partition coefficient (Wildman–Crippen LogP) is 4.26. The molecule has 3 N–H and O–H groups in total. The standard InChI is InChI=1S/C25H27ClN6O2/c1-15(17-3-4-17)29-21-11-25(34)31(2)23-6-5-18(9-19(21)23)30-22-10-24(27-13-20(22)26)32-14-16(7-8-33)12-28-32/h5-6,9-15,17,29,33H,3-4,7-8H2,1-2H3,(H,27,30). The molecule has 1 fully saturated rings. The lowest BCUT2D eigenvalue weighted by molar-refractivity contribution is 0.299. The Labute approximate surface area is 202 Å². The van der Waals surface area contributed by atoms with Crippen molar-refractivity contribution in [2.24, 2.45) is 13.0 Å². The summed E-state index contributed by atoms with van der Waals surface area (Å²) in [5, 5.41) is 21.9. The Morgan fingerprint density at radius 3 is 2.79 bits per heavy atom. The molecule has 5 rings (SSSR count). The third-order valence-corrected chi connectivity index (χ3v) is 6.65. The Morgan fingerprint density at radius 1 is 1.21 bits per heavy atom. The van der Waals surface area contributed by atoms with Crippen molar-refractivity contribution in [2.75, 3.05) is 17.2 Å². The van der Waals surface area contributed by atoms with Gasteiger partial charge in [-0.1, -0.05) is 11.6 Å². The summed E-state index contributed by atoms with van der Waals surface area (Å²) in [6, 6.07) is 9.71. The van der Waals surface area contributed by atoms with Crippen LogP contribution in [0.15, 0.2) is 53.7 Å². The van der Waals surface area contributed by atoms with E-state index in [-0.39, 0.29) is 12.2 Å². The first-order valence-corrected chi connectivity index (χ1v) is 11.8. The molecule has 0 amide bonds. The molecule has 3 heterocycles. The maximum atomic E-state index is 12.5. The lowest BCUT2D eigenvalue weighted by Crippen LogP contribution is -2.22. The molecule has 0 aliphatic heterocycles. The van der Waals surface area contributed by atoms with Crippen LogP contribution in [-0.4, -0.2) is 37.1 Å². The first-order valence-electron chi connectivity index (χ1n) is 11.4. The summed E-state index contributed by atoms with van der Waals surface area (Å²) in [5.41, 5.74) is 4.12. The molecule has 1 unspecified atom stereocenters. The van der Waals surface area contributed by atoms with Gasteiger partial charge >= 0.3 is 0 Å². The van der Waals surface area contributed by atoms with Crippen molar-refractivity contribution in [3.8, 4) is 5.82 Å². The van der Waals surface area contributed by atoms with Crippen LogP contribution in [0.5, 0.6) is 0 Å². The Morgan fingerprint density at radius 2 is 2.03 bits per heavy atom. The number of aliphatic hydroxyl groups excluding tert-OH is 1. The van der Waals surface area contributed by atoms with Crippen molar-refractivity contribution < 1.29 is 5.11 Å². The minimum Gasteiger partial charge on any atom is -0.396 e. The van der Waals surface area contributed by atoms with Crippen molar-refractivity contribution in [3.63, 3.8) is 0 Å². The highest BCUT2D eigenvalue weighted by Gasteiger charge is 2.28. The molecule has 1 saturated carbocycles. The third kappa shape index (κ3) is 4.51. The van der Waals surface area contributed by atoms with Gasteiger partial charge in [-0.3, -0.25) is 4.79 Å². The molecule has 9 heteroatoms. The fraction of sp³-hybridized carbons (Fsp3) is 0.320. The lowest BCUT2D eigenvalue weighted by Gasteiger charge is -2.18. The van der Waals surface area contributed by atoms with Crippen LogP contribution < -0.4 is 16.2 Å². The van der Waals surface area contributed by atoms with Crippen molar-refractivity contribution in [1.29, 1.82) is 0 Å². The van der Waals surface area contributed by atoms with Crippen LogP contribution in [0.4, 0.5) is 17.1 Å². The second-order valence-electron chi connectivity index (χ2n) is 8.87. The van der Waals surface area contributed by atoms with Gasteiger partial charge in [-0.05, 0) is 55.9 Å². The number of fused-ring (bicyclic) bond motifs is 1. The normalized spacial score (nSPS) is 14.4. The smallest absolute Gasteiger partial charge is 0.252 e. The molecule has 1 atom stereocenters. The SMILES string of the molecule is CC(Nc1cc(=O)n(C)c2ccc(Nc3cc(-n4cc(CCO)cn4)ncc3Cl)cc12)C1CC1. The zero-order chi connectivity index (χ0) is 23.8. The van der Waals surface area contributed by atoms with Gasteiger partial charge in [-0.2, -0.15) is 5.10 Å². The van der Waals surface area contributed by atoms with Crippen LogP contribution in [0.25, 0.3) is 16.7 Å². The summed E-state index contributed by atoms with van der Waals surface area (Å²) < 4.78 is 3.31. The summed E-state index contributed by atoms with van der Waals surface area (Å²) in [6.45, 7) is 2.24. The molecule has 8 nitrogen and oxygen atoms in total. The predicted molar refractivity (Wildman–Crippen MR) is 135 cm³/mol. The van der Waals surface area contributed by atoms with Crippen molar-refractivity contribution in [2.45, 2.75) is 32.2 Å². The molecule has 0 saturated heterocycles. The van der Waals surface area contributed by atoms with Crippen molar-refractivity contribution in [1.82, 2.24) is 19.3 Å². The Balaban J connectivity index is 1.48. The van der Waals surface area contributed by atoms with Gasteiger partial charge in [0.05, 0.1) is 28.6 Å². The molecule has 1 aromatic carbocycles. The first-order chi connectivity index (χ1) is 16.4. The van der Waals surface area contributed by atoms with Gasteiger partial charge in [0.1, 0.15) is 0 Å². The maximum Gasteiger partial charge on any atom is 0.252 e. The highest BCUT2D eigenvalue weighted by Crippen LogP contribution is 2.36. The van der Waals surface area contributed by atoms with Crippen LogP contribution in [0.2, 0.25) is 5.02 Å². The van der Waals surface area contributed by atoms with E-state index in [2.05, 4.69) is 27.6 Å². The number of pyridine rings is 2. The van der Waals surface area contributed by atoms with E-state index in [1.165, 1.54) is 12.8 Å². The molecule has 0 bridgehead atoms. The van der Waals surface area contributed by atoms with E-state index in [0.717, 1.165) is 27.8 Å². The topological polar surface area (TPSA) is 97.0 Å². The van der Waals surface area contributed by atoms with E-state index < -0.39 is 0 Å². The van der Waals surface area contributed by atoms with E-state index in [0.29, 0.717) is 34.9 Å². The van der Waals surface area contributed by atoms with E-state index in [4.69, 9.17) is 16.7 Å². The van der Waals surface area contributed by atoms with Crippen molar-refractivity contribution >= 4 is 39.6 Å². The van der Waals surface area contributed by atoms with E-state index in [1.807, 2.05) is 30.5 Å². The van der Waals surface area contributed by atoms with E-state index in [9.17, 15) is 4.79 Å². The second-order valence-corrected chi connectivity index (χ2v) is 9.28. The van der Waals surface area contributed by atoms with Crippen LogP contribution in [0.3, 0.4) is 0 Å². The minimum absolute atomic E-state index is 0.0414. The van der Waals surface area contributed by atoms with E-state index in [1.54, 1.807) is 34.8 Å². The number of halogens is 1. The summed E-state index contributed by atoms with van der Waals surface area (Å²) >= 11 is 6.45. The molecular formula is C25H27ClN6O2. The zero-order valence-corrected chi connectivity index (χ0v) is 19.9. The van der Waals surface area contributed by atoms with Gasteiger partial charge in [0.15, 0.2) is 5.82 Å². The summed E-state index contributed by atoms with van der Waals surface area (Å²) in [7, 11) is 1.78. The Bertz CT molecular complexity index is 1410. The molecular weight excluding hydrogens is 452 g/mol. The van der Waals surface area contributed by atoms with Crippen LogP contribution >= 0.6 is 11.6 Å². The number of aliphatic hydroxyl groups is 1. The number of aryl methyl sites for hydroxylation is 1. The van der Waals surface area contributed by atoms with E-state index >= 15 is 0 Å². The number of rotatable bonds is 8. The monoisotopic (exact) mass is 478 g/mol. The molecule has 34 heavy (non-hydrogen) atoms. The zero-order valence-electron chi connectivity index (χ0n) is 19.1. The van der Waals surface area contributed by atoms with Gasteiger partial charge in [-0.25, -0.2) is 9.67 Å². The fourth-order valence-electron chi connectivity index (χ4n) is 4.17. The highest BCUT2D eigenvalue weighted by molar-refractivity contribution is 6.33. The summed E-state index contributed by atoms with van der Waals surface area (Å²) in [6.07, 6.45) is 8.13. The van der Waals surface area contributed by atoms with Gasteiger partial charge in [-0.15, -0.1) is 0 Å². The van der Waals surface area contributed by atoms with Gasteiger partial charge in [0.2, 0.25) is 0 Å². The summed E-state index contributed by atoms with van der Waals surface area (Å²) in [5.74, 6) is 1.27. The number of nitrogens with zero attached hydrogens (tertiary/aromatic N) is 4. The quantitative estimate of drug-likeness (QED) is 0.350. The molecule has 3 aromatic heterocycles. The van der Waals surface area contributed by atoms with Gasteiger partial charge < -0.3 is 20.3 Å². The number of hydrogen-bond acceptors (Lipinski definition) is 6. The highest BCUT2D eigenvalue weighted by atomic mass is 35.5. The van der Waals surface area contributed by atoms with Crippen molar-refractivity contribution in [3.05, 3.63) is 69.9 Å². The maximum absolute atomic E-state index is 12.5. The Hall–Kier alpha value is -3.36.